The maximum atomic E-state index is 11.4. The molecule has 0 aliphatic heterocycles. The molecule has 0 bridgehead atoms. The van der Waals surface area contributed by atoms with Gasteiger partial charge < -0.3 is 13.9 Å². The summed E-state index contributed by atoms with van der Waals surface area (Å²) in [4.78, 5) is 9.41. The summed E-state index contributed by atoms with van der Waals surface area (Å²) < 4.78 is 17.0. The van der Waals surface area contributed by atoms with Crippen molar-refractivity contribution in [2.24, 2.45) is 0 Å². The normalized spacial score (nSPS) is 14.8. The molecule has 0 aliphatic carbocycles. The molecule has 1 unspecified atom stereocenters. The van der Waals surface area contributed by atoms with Crippen LogP contribution in [0.15, 0.2) is 0 Å². The van der Waals surface area contributed by atoms with Crippen molar-refractivity contribution in [1.29, 1.82) is 0 Å². The fourth-order valence-electron chi connectivity index (χ4n) is 2.93. The van der Waals surface area contributed by atoms with Crippen molar-refractivity contribution >= 4 is 7.60 Å². The van der Waals surface area contributed by atoms with Crippen LogP contribution in [0, 0.1) is 0 Å². The summed E-state index contributed by atoms with van der Waals surface area (Å²) in [6, 6.07) is 0. The van der Waals surface area contributed by atoms with Gasteiger partial charge in [-0.25, -0.2) is 0 Å². The van der Waals surface area contributed by atoms with E-state index < -0.39 is 7.60 Å². The largest absolute Gasteiger partial charge is 0.328 e. The first-order chi connectivity index (χ1) is 10.8. The topological polar surface area (TPSA) is 46.5 Å². The molecule has 0 saturated heterocycles. The van der Waals surface area contributed by atoms with Crippen molar-refractivity contribution < 1.29 is 18.5 Å². The quantitative estimate of drug-likeness (QED) is 0.236. The van der Waals surface area contributed by atoms with E-state index >= 15 is 0 Å². The molecule has 0 radical (unpaired) electrons. The Morgan fingerprint density at radius 1 is 0.826 bits per heavy atom. The van der Waals surface area contributed by atoms with Crippen molar-refractivity contribution in [3.8, 4) is 0 Å². The van der Waals surface area contributed by atoms with E-state index in [1.54, 1.807) is 0 Å². The third kappa shape index (κ3) is 15.4. The third-order valence-corrected chi connectivity index (χ3v) is 6.06. The lowest BCUT2D eigenvalue weighted by Crippen LogP contribution is -2.41. The molecule has 0 fully saturated rings. The zero-order valence-electron chi connectivity index (χ0n) is 16.1. The first-order valence-corrected chi connectivity index (χ1v) is 11.3. The van der Waals surface area contributed by atoms with Gasteiger partial charge in [0.15, 0.2) is 0 Å². The highest BCUT2D eigenvalue weighted by molar-refractivity contribution is 7.52. The molecule has 0 amide bonds. The van der Waals surface area contributed by atoms with E-state index in [0.717, 1.165) is 24.0 Å². The molecular weight excluding hydrogens is 309 g/mol. The van der Waals surface area contributed by atoms with Gasteiger partial charge in [-0.2, -0.15) is 0 Å². The molecule has 0 spiro atoms. The molecule has 4 nitrogen and oxygen atoms in total. The molecule has 0 rings (SSSR count). The van der Waals surface area contributed by atoms with E-state index in [1.807, 2.05) is 0 Å². The molecule has 0 aliphatic rings. The number of nitrogens with zero attached hydrogens (tertiary/aromatic N) is 1. The molecule has 0 saturated carbocycles. The minimum atomic E-state index is -3.32. The standard InChI is InChI=1S/C18H40NO3P/c1-5-6-7-8-9-10-11-12-13-14-16-19(2,3)17-15-18-23(20,21)22-4/h5-18H2,1-4H3/p+1. The average Bonchev–Trinajstić information content (AvgIpc) is 2.48. The predicted octanol–water partition coefficient (Wildman–Crippen LogP) is 5.21. The Kier molecular flexibility index (Phi) is 13.5. The van der Waals surface area contributed by atoms with Gasteiger partial charge in [0.1, 0.15) is 0 Å². The first-order valence-electron chi connectivity index (χ1n) is 9.52. The Hall–Kier alpha value is 0.110. The van der Waals surface area contributed by atoms with Gasteiger partial charge in [-0.15, -0.1) is 0 Å². The number of rotatable bonds is 16. The zero-order valence-corrected chi connectivity index (χ0v) is 17.0. The number of hydrogen-bond acceptors (Lipinski definition) is 2. The summed E-state index contributed by atoms with van der Waals surface area (Å²) in [6.45, 7) is 4.35. The lowest BCUT2D eigenvalue weighted by atomic mass is 10.1. The van der Waals surface area contributed by atoms with E-state index in [9.17, 15) is 9.46 Å². The van der Waals surface area contributed by atoms with Crippen LogP contribution in [-0.4, -0.2) is 49.8 Å². The van der Waals surface area contributed by atoms with Crippen LogP contribution < -0.4 is 0 Å². The van der Waals surface area contributed by atoms with Crippen LogP contribution >= 0.6 is 7.60 Å². The summed E-state index contributed by atoms with van der Waals surface area (Å²) >= 11 is 0. The molecule has 0 heterocycles. The van der Waals surface area contributed by atoms with Gasteiger partial charge in [-0.05, 0) is 12.8 Å². The zero-order chi connectivity index (χ0) is 17.6. The van der Waals surface area contributed by atoms with Crippen molar-refractivity contribution in [2.75, 3.05) is 40.5 Å². The highest BCUT2D eigenvalue weighted by Crippen LogP contribution is 2.41. The monoisotopic (exact) mass is 350 g/mol. The van der Waals surface area contributed by atoms with Crippen LogP contribution in [0.25, 0.3) is 0 Å². The Morgan fingerprint density at radius 3 is 1.74 bits per heavy atom. The summed E-state index contributed by atoms with van der Waals surface area (Å²) in [5.74, 6) is 0. The second-order valence-electron chi connectivity index (χ2n) is 7.46. The summed E-state index contributed by atoms with van der Waals surface area (Å²) in [6.07, 6.45) is 14.6. The van der Waals surface area contributed by atoms with Crippen molar-refractivity contribution in [2.45, 2.75) is 77.6 Å². The molecule has 1 atom stereocenters. The third-order valence-electron chi connectivity index (χ3n) is 4.61. The van der Waals surface area contributed by atoms with Gasteiger partial charge in [-0.3, -0.25) is 4.57 Å². The van der Waals surface area contributed by atoms with E-state index in [1.165, 1.54) is 71.3 Å². The van der Waals surface area contributed by atoms with E-state index in [2.05, 4.69) is 25.5 Å². The first kappa shape index (κ1) is 23.1. The fourth-order valence-corrected chi connectivity index (χ4v) is 3.65. The molecule has 1 N–H and O–H groups in total. The van der Waals surface area contributed by atoms with Crippen LogP contribution in [0.2, 0.25) is 0 Å². The Labute approximate surface area is 144 Å². The lowest BCUT2D eigenvalue weighted by molar-refractivity contribution is -0.890. The van der Waals surface area contributed by atoms with Crippen molar-refractivity contribution in [3.05, 3.63) is 0 Å². The van der Waals surface area contributed by atoms with Gasteiger partial charge in [0.2, 0.25) is 0 Å². The second-order valence-corrected chi connectivity index (χ2v) is 9.55. The predicted molar refractivity (Wildman–Crippen MR) is 100 cm³/mol. The summed E-state index contributed by atoms with van der Waals surface area (Å²) in [5.41, 5.74) is 0. The number of quaternary nitrogens is 1. The van der Waals surface area contributed by atoms with Gasteiger partial charge in [-0.1, -0.05) is 58.3 Å². The molecule has 0 aromatic rings. The molecule has 140 valence electrons. The van der Waals surface area contributed by atoms with Gasteiger partial charge >= 0.3 is 7.60 Å². The van der Waals surface area contributed by atoms with Gasteiger partial charge in [0, 0.05) is 13.5 Å². The fraction of sp³-hybridized carbons (Fsp3) is 1.00. The summed E-state index contributed by atoms with van der Waals surface area (Å²) in [5, 5.41) is 0. The van der Waals surface area contributed by atoms with Crippen LogP contribution in [0.3, 0.4) is 0 Å². The highest BCUT2D eigenvalue weighted by Gasteiger charge is 2.20. The molecule has 5 heteroatoms. The lowest BCUT2D eigenvalue weighted by Gasteiger charge is -2.30. The number of hydrogen-bond donors (Lipinski definition) is 1. The van der Waals surface area contributed by atoms with Gasteiger partial charge in [0.25, 0.3) is 0 Å². The van der Waals surface area contributed by atoms with Crippen LogP contribution in [0.4, 0.5) is 0 Å². The number of unbranched alkanes of at least 4 members (excludes halogenated alkanes) is 9. The summed E-state index contributed by atoms with van der Waals surface area (Å²) in [7, 11) is 2.41. The smallest absolute Gasteiger partial charge is 0.328 e. The van der Waals surface area contributed by atoms with E-state index in [0.29, 0.717) is 0 Å². The van der Waals surface area contributed by atoms with Crippen molar-refractivity contribution in [3.63, 3.8) is 0 Å². The minimum absolute atomic E-state index is 0.267. The van der Waals surface area contributed by atoms with Gasteiger partial charge in [0.05, 0.1) is 33.3 Å². The van der Waals surface area contributed by atoms with E-state index in [-0.39, 0.29) is 6.16 Å². The minimum Gasteiger partial charge on any atom is -0.328 e. The molecule has 23 heavy (non-hydrogen) atoms. The molecule has 0 aromatic heterocycles. The maximum Gasteiger partial charge on any atom is 0.328 e. The van der Waals surface area contributed by atoms with Crippen LogP contribution in [0.1, 0.15) is 77.6 Å². The Morgan fingerprint density at radius 2 is 1.26 bits per heavy atom. The van der Waals surface area contributed by atoms with Crippen LogP contribution in [0.5, 0.6) is 0 Å². The Balaban J connectivity index is 3.50. The molecular formula is C18H41NO3P+. The highest BCUT2D eigenvalue weighted by atomic mass is 31.2. The maximum absolute atomic E-state index is 11.4. The van der Waals surface area contributed by atoms with E-state index in [4.69, 9.17) is 0 Å². The van der Waals surface area contributed by atoms with Crippen LogP contribution in [-0.2, 0) is 9.09 Å². The average molecular weight is 351 g/mol. The SMILES string of the molecule is CCCCCCCCCCCC[N+](C)(C)CCCP(=O)(O)OC. The second kappa shape index (κ2) is 13.4. The van der Waals surface area contributed by atoms with Crippen molar-refractivity contribution in [1.82, 2.24) is 0 Å². The Bertz CT molecular complexity index is 321. The molecule has 0 aromatic carbocycles.